The van der Waals surface area contributed by atoms with Crippen LogP contribution in [0, 0.1) is 0 Å². The number of benzene rings is 2. The lowest BCUT2D eigenvalue weighted by atomic mass is 10.2. The van der Waals surface area contributed by atoms with Gasteiger partial charge in [-0.2, -0.15) is 0 Å². The van der Waals surface area contributed by atoms with Gasteiger partial charge in [-0.3, -0.25) is 9.59 Å². The summed E-state index contributed by atoms with van der Waals surface area (Å²) in [4.78, 5) is 28.9. The maximum Gasteiger partial charge on any atom is 0.291 e. The maximum absolute atomic E-state index is 13.0. The Morgan fingerprint density at radius 1 is 0.970 bits per heavy atom. The van der Waals surface area contributed by atoms with Gasteiger partial charge in [-0.1, -0.05) is 47.8 Å². The number of nitrogens with zero attached hydrogens (tertiary/aromatic N) is 2. The number of halogens is 3. The van der Waals surface area contributed by atoms with Gasteiger partial charge in [0.2, 0.25) is 5.91 Å². The minimum absolute atomic E-state index is 0.136. The summed E-state index contributed by atoms with van der Waals surface area (Å²) < 4.78 is 5.76. The van der Waals surface area contributed by atoms with Crippen molar-refractivity contribution in [3.63, 3.8) is 0 Å². The minimum Gasteiger partial charge on any atom is -0.451 e. The van der Waals surface area contributed by atoms with E-state index >= 15 is 0 Å². The largest absolute Gasteiger partial charge is 0.451 e. The fourth-order valence-electron chi connectivity index (χ4n) is 3.82. The lowest BCUT2D eigenvalue weighted by molar-refractivity contribution is -0.131. The van der Waals surface area contributed by atoms with Crippen LogP contribution in [0.5, 0.6) is 0 Å². The Bertz CT molecular complexity index is 1190. The predicted octanol–water partition coefficient (Wildman–Crippen LogP) is 6.22. The highest BCUT2D eigenvalue weighted by atomic mass is 35.5. The summed E-state index contributed by atoms with van der Waals surface area (Å²) in [6.07, 6.45) is 0.486. The molecule has 2 amide bonds. The second-order valence-electron chi connectivity index (χ2n) is 7.60. The number of piperazine rings is 1. The SMILES string of the molecule is CCC(=O)N1CCN(c2c(Cl)cccc2NC(=O)c2ccc(-c3ccc(Cl)cc3Cl)o2)CC1. The second kappa shape index (κ2) is 10.1. The molecule has 2 aromatic carbocycles. The molecule has 2 heterocycles. The van der Waals surface area contributed by atoms with E-state index in [0.717, 1.165) is 5.69 Å². The van der Waals surface area contributed by atoms with Crippen LogP contribution in [0.25, 0.3) is 11.3 Å². The topological polar surface area (TPSA) is 65.8 Å². The number of hydrogen-bond acceptors (Lipinski definition) is 4. The molecule has 0 aliphatic carbocycles. The van der Waals surface area contributed by atoms with Gasteiger partial charge in [-0.25, -0.2) is 0 Å². The molecular formula is C24H22Cl3N3O3. The summed E-state index contributed by atoms with van der Waals surface area (Å²) in [7, 11) is 0. The molecule has 6 nitrogen and oxygen atoms in total. The van der Waals surface area contributed by atoms with Crippen molar-refractivity contribution in [1.29, 1.82) is 0 Å². The first kappa shape index (κ1) is 23.5. The third-order valence-corrected chi connectivity index (χ3v) is 6.37. The molecule has 1 N–H and O–H groups in total. The molecule has 1 saturated heterocycles. The molecular weight excluding hydrogens is 485 g/mol. The van der Waals surface area contributed by atoms with Gasteiger partial charge < -0.3 is 19.5 Å². The first-order valence-electron chi connectivity index (χ1n) is 10.5. The number of nitrogens with one attached hydrogen (secondary N) is 1. The summed E-state index contributed by atoms with van der Waals surface area (Å²) >= 11 is 18.7. The zero-order chi connectivity index (χ0) is 23.5. The van der Waals surface area contributed by atoms with E-state index in [-0.39, 0.29) is 11.7 Å². The third kappa shape index (κ3) is 5.13. The normalized spacial score (nSPS) is 13.8. The van der Waals surface area contributed by atoms with Crippen LogP contribution in [0.2, 0.25) is 15.1 Å². The van der Waals surface area contributed by atoms with Gasteiger partial charge in [-0.15, -0.1) is 0 Å². The van der Waals surface area contributed by atoms with Crippen LogP contribution in [0.15, 0.2) is 52.9 Å². The summed E-state index contributed by atoms with van der Waals surface area (Å²) in [5.74, 6) is 0.330. The van der Waals surface area contributed by atoms with Crippen molar-refractivity contribution in [2.24, 2.45) is 0 Å². The molecule has 0 spiro atoms. The van der Waals surface area contributed by atoms with Crippen LogP contribution in [-0.4, -0.2) is 42.9 Å². The van der Waals surface area contributed by atoms with E-state index in [1.54, 1.807) is 48.5 Å². The van der Waals surface area contributed by atoms with Crippen molar-refractivity contribution in [1.82, 2.24) is 4.90 Å². The molecule has 4 rings (SSSR count). The molecule has 9 heteroatoms. The van der Waals surface area contributed by atoms with Crippen LogP contribution in [0.4, 0.5) is 11.4 Å². The number of hydrogen-bond donors (Lipinski definition) is 1. The number of para-hydroxylation sites is 1. The fraction of sp³-hybridized carbons (Fsp3) is 0.250. The zero-order valence-corrected chi connectivity index (χ0v) is 20.2. The lowest BCUT2D eigenvalue weighted by Gasteiger charge is -2.37. The quantitative estimate of drug-likeness (QED) is 0.446. The van der Waals surface area contributed by atoms with Crippen LogP contribution in [-0.2, 0) is 4.79 Å². The smallest absolute Gasteiger partial charge is 0.291 e. The van der Waals surface area contributed by atoms with E-state index in [4.69, 9.17) is 39.2 Å². The first-order valence-corrected chi connectivity index (χ1v) is 11.7. The van der Waals surface area contributed by atoms with Gasteiger partial charge in [0.05, 0.1) is 21.4 Å². The van der Waals surface area contributed by atoms with Gasteiger partial charge >= 0.3 is 0 Å². The number of amides is 2. The highest BCUT2D eigenvalue weighted by molar-refractivity contribution is 6.36. The van der Waals surface area contributed by atoms with Crippen LogP contribution in [0.3, 0.4) is 0 Å². The van der Waals surface area contributed by atoms with Crippen LogP contribution < -0.4 is 10.2 Å². The Labute approximate surface area is 207 Å². The molecule has 0 unspecified atom stereocenters. The first-order chi connectivity index (χ1) is 15.9. The van der Waals surface area contributed by atoms with Gasteiger partial charge in [0.15, 0.2) is 5.76 Å². The van der Waals surface area contributed by atoms with Crippen molar-refractivity contribution in [3.8, 4) is 11.3 Å². The summed E-state index contributed by atoms with van der Waals surface area (Å²) in [5, 5.41) is 4.38. The molecule has 3 aromatic rings. The third-order valence-electron chi connectivity index (χ3n) is 5.51. The molecule has 1 aliphatic heterocycles. The van der Waals surface area contributed by atoms with Gasteiger partial charge in [-0.05, 0) is 42.5 Å². The highest BCUT2D eigenvalue weighted by Gasteiger charge is 2.24. The predicted molar refractivity (Wildman–Crippen MR) is 133 cm³/mol. The second-order valence-corrected chi connectivity index (χ2v) is 8.85. The van der Waals surface area contributed by atoms with Crippen molar-refractivity contribution in [2.75, 3.05) is 36.4 Å². The summed E-state index contributed by atoms with van der Waals surface area (Å²) in [6.45, 7) is 4.32. The number of rotatable bonds is 5. The van der Waals surface area contributed by atoms with E-state index in [2.05, 4.69) is 10.2 Å². The average Bonchev–Trinajstić information content (AvgIpc) is 3.29. The van der Waals surface area contributed by atoms with E-state index in [1.165, 1.54) is 0 Å². The Kier molecular flexibility index (Phi) is 7.17. The highest BCUT2D eigenvalue weighted by Crippen LogP contribution is 2.36. The van der Waals surface area contributed by atoms with Crippen molar-refractivity contribution in [2.45, 2.75) is 13.3 Å². The molecule has 0 saturated carbocycles. The standard InChI is InChI=1S/C24H22Cl3N3O3/c1-2-22(31)29-10-12-30(13-11-29)23-17(26)4-3-5-19(23)28-24(32)21-9-8-20(33-21)16-7-6-15(25)14-18(16)27/h3-9,14H,2,10-13H2,1H3,(H,28,32). The van der Waals surface area contributed by atoms with E-state index in [9.17, 15) is 9.59 Å². The number of carbonyl (C=O) groups is 2. The number of furan rings is 1. The Balaban J connectivity index is 1.52. The molecule has 0 bridgehead atoms. The number of anilines is 2. The number of carbonyl (C=O) groups excluding carboxylic acids is 2. The molecule has 1 aliphatic rings. The average molecular weight is 507 g/mol. The molecule has 1 aromatic heterocycles. The van der Waals surface area contributed by atoms with Gasteiger partial charge in [0, 0.05) is 43.2 Å². The van der Waals surface area contributed by atoms with Gasteiger partial charge in [0.1, 0.15) is 5.76 Å². The van der Waals surface area contributed by atoms with Crippen molar-refractivity contribution in [3.05, 3.63) is 69.4 Å². The molecule has 172 valence electrons. The van der Waals surface area contributed by atoms with Crippen LogP contribution >= 0.6 is 34.8 Å². The van der Waals surface area contributed by atoms with Crippen molar-refractivity contribution >= 4 is 58.0 Å². The fourth-order valence-corrected chi connectivity index (χ4v) is 4.61. The Hall–Kier alpha value is -2.67. The van der Waals surface area contributed by atoms with E-state index < -0.39 is 5.91 Å². The maximum atomic E-state index is 13.0. The molecule has 33 heavy (non-hydrogen) atoms. The van der Waals surface area contributed by atoms with E-state index in [1.807, 2.05) is 11.8 Å². The van der Waals surface area contributed by atoms with Crippen LogP contribution in [0.1, 0.15) is 23.9 Å². The molecule has 1 fully saturated rings. The molecule has 0 radical (unpaired) electrons. The van der Waals surface area contributed by atoms with Crippen molar-refractivity contribution < 1.29 is 14.0 Å². The van der Waals surface area contributed by atoms with E-state index in [0.29, 0.717) is 64.7 Å². The Morgan fingerprint density at radius 3 is 2.42 bits per heavy atom. The monoisotopic (exact) mass is 505 g/mol. The summed E-state index contributed by atoms with van der Waals surface area (Å²) in [6, 6.07) is 13.7. The zero-order valence-electron chi connectivity index (χ0n) is 17.9. The molecule has 0 atom stereocenters. The van der Waals surface area contributed by atoms with Gasteiger partial charge in [0.25, 0.3) is 5.91 Å². The lowest BCUT2D eigenvalue weighted by Crippen LogP contribution is -2.48. The minimum atomic E-state index is -0.408. The Morgan fingerprint density at radius 2 is 1.73 bits per heavy atom. The summed E-state index contributed by atoms with van der Waals surface area (Å²) in [5.41, 5.74) is 1.94.